The lowest BCUT2D eigenvalue weighted by Crippen LogP contribution is -2.45. The lowest BCUT2D eigenvalue weighted by molar-refractivity contribution is -0.123. The zero-order chi connectivity index (χ0) is 10.1. The summed E-state index contributed by atoms with van der Waals surface area (Å²) in [7, 11) is 0. The van der Waals surface area contributed by atoms with Crippen molar-refractivity contribution in [1.29, 1.82) is 0 Å². The highest BCUT2D eigenvalue weighted by Gasteiger charge is 2.39. The first-order valence-electron chi connectivity index (χ1n) is 4.84. The summed E-state index contributed by atoms with van der Waals surface area (Å²) >= 11 is 4.37. The Morgan fingerprint density at radius 1 is 1.69 bits per heavy atom. The van der Waals surface area contributed by atoms with Crippen molar-refractivity contribution < 1.29 is 9.90 Å². The van der Waals surface area contributed by atoms with Crippen LogP contribution in [0.4, 0.5) is 0 Å². The largest absolute Gasteiger partial charge is 0.388 e. The van der Waals surface area contributed by atoms with Crippen molar-refractivity contribution in [2.45, 2.75) is 50.4 Å². The molecule has 0 amide bonds. The Bertz CT molecular complexity index is 205. The van der Waals surface area contributed by atoms with Gasteiger partial charge in [-0.3, -0.25) is 4.79 Å². The van der Waals surface area contributed by atoms with Crippen molar-refractivity contribution in [1.82, 2.24) is 0 Å². The molecule has 0 saturated heterocycles. The molecule has 1 aliphatic carbocycles. The summed E-state index contributed by atoms with van der Waals surface area (Å²) in [6.07, 6.45) is 2.88. The zero-order valence-electron chi connectivity index (χ0n) is 8.29. The number of aliphatic hydroxyl groups is 1. The Morgan fingerprint density at radius 2 is 2.31 bits per heavy atom. The van der Waals surface area contributed by atoms with Crippen LogP contribution in [0.3, 0.4) is 0 Å². The van der Waals surface area contributed by atoms with E-state index in [0.29, 0.717) is 12.3 Å². The molecule has 1 aliphatic rings. The van der Waals surface area contributed by atoms with Gasteiger partial charge in [-0.05, 0) is 32.1 Å². The second-order valence-electron chi connectivity index (χ2n) is 4.38. The minimum Gasteiger partial charge on any atom is -0.388 e. The first kappa shape index (κ1) is 11.1. The average Bonchev–Trinajstić information content (AvgIpc) is 1.97. The number of carbonyl (C=O) groups is 1. The third-order valence-corrected chi connectivity index (χ3v) is 3.56. The third-order valence-electron chi connectivity index (χ3n) is 2.87. The van der Waals surface area contributed by atoms with Gasteiger partial charge >= 0.3 is 0 Å². The monoisotopic (exact) mass is 202 g/mol. The van der Waals surface area contributed by atoms with Gasteiger partial charge in [0.25, 0.3) is 0 Å². The molecule has 0 aliphatic heterocycles. The summed E-state index contributed by atoms with van der Waals surface area (Å²) < 4.78 is 0. The Labute approximate surface area is 85.1 Å². The molecular formula is C10H18O2S. The standard InChI is InChI=1S/C10H18O2S/c1-7-3-4-10(12,6-8(2)11)9(13)5-7/h7,9,12-13H,3-6H2,1-2H3. The fraction of sp³-hybridized carbons (Fsp3) is 0.900. The minimum atomic E-state index is -0.846. The lowest BCUT2D eigenvalue weighted by Gasteiger charge is -2.39. The zero-order valence-corrected chi connectivity index (χ0v) is 9.18. The van der Waals surface area contributed by atoms with Crippen LogP contribution in [0.25, 0.3) is 0 Å². The number of carbonyl (C=O) groups excluding carboxylic acids is 1. The van der Waals surface area contributed by atoms with E-state index in [-0.39, 0.29) is 17.5 Å². The van der Waals surface area contributed by atoms with Crippen molar-refractivity contribution in [2.75, 3.05) is 0 Å². The van der Waals surface area contributed by atoms with Crippen LogP contribution in [-0.2, 0) is 4.79 Å². The predicted molar refractivity (Wildman–Crippen MR) is 56.0 cm³/mol. The highest BCUT2D eigenvalue weighted by Crippen LogP contribution is 2.37. The maximum absolute atomic E-state index is 11.0. The van der Waals surface area contributed by atoms with E-state index in [0.717, 1.165) is 12.8 Å². The summed E-state index contributed by atoms with van der Waals surface area (Å²) in [5.41, 5.74) is -0.846. The first-order valence-corrected chi connectivity index (χ1v) is 5.35. The summed E-state index contributed by atoms with van der Waals surface area (Å²) in [5.74, 6) is 0.672. The molecule has 1 rings (SSSR count). The van der Waals surface area contributed by atoms with E-state index in [9.17, 15) is 9.90 Å². The number of rotatable bonds is 2. The van der Waals surface area contributed by atoms with Gasteiger partial charge in [0.1, 0.15) is 5.78 Å². The summed E-state index contributed by atoms with van der Waals surface area (Å²) in [4.78, 5) is 11.0. The normalized spacial score (nSPS) is 40.3. The average molecular weight is 202 g/mol. The predicted octanol–water partition coefficient (Wildman–Crippen LogP) is 1.81. The number of hydrogen-bond donors (Lipinski definition) is 2. The maximum atomic E-state index is 11.0. The molecule has 0 spiro atoms. The molecule has 0 heterocycles. The van der Waals surface area contributed by atoms with Crippen LogP contribution < -0.4 is 0 Å². The van der Waals surface area contributed by atoms with Gasteiger partial charge in [0.05, 0.1) is 5.60 Å². The second kappa shape index (κ2) is 4.01. The first-order chi connectivity index (χ1) is 5.94. The second-order valence-corrected chi connectivity index (χ2v) is 5.00. The molecule has 0 radical (unpaired) electrons. The molecule has 1 N–H and O–H groups in total. The number of ketones is 1. The van der Waals surface area contributed by atoms with Crippen LogP contribution in [0.1, 0.15) is 39.5 Å². The Kier molecular flexibility index (Phi) is 3.41. The number of hydrogen-bond acceptors (Lipinski definition) is 3. The van der Waals surface area contributed by atoms with Crippen molar-refractivity contribution >= 4 is 18.4 Å². The molecule has 13 heavy (non-hydrogen) atoms. The molecule has 3 atom stereocenters. The van der Waals surface area contributed by atoms with E-state index in [4.69, 9.17) is 0 Å². The smallest absolute Gasteiger partial charge is 0.132 e. The van der Waals surface area contributed by atoms with Crippen molar-refractivity contribution in [3.63, 3.8) is 0 Å². The third kappa shape index (κ3) is 2.71. The van der Waals surface area contributed by atoms with Gasteiger partial charge in [0.2, 0.25) is 0 Å². The van der Waals surface area contributed by atoms with Crippen LogP contribution in [0.2, 0.25) is 0 Å². The quantitative estimate of drug-likeness (QED) is 0.670. The van der Waals surface area contributed by atoms with E-state index >= 15 is 0 Å². The Hall–Kier alpha value is -0.0200. The van der Waals surface area contributed by atoms with Gasteiger partial charge in [-0.1, -0.05) is 6.92 Å². The number of Topliss-reactive ketones (excluding diaryl/α,β-unsaturated/α-hetero) is 1. The lowest BCUT2D eigenvalue weighted by atomic mass is 9.77. The van der Waals surface area contributed by atoms with Crippen LogP contribution in [-0.4, -0.2) is 21.7 Å². The highest BCUT2D eigenvalue weighted by molar-refractivity contribution is 7.81. The van der Waals surface area contributed by atoms with Gasteiger partial charge in [0.15, 0.2) is 0 Å². The van der Waals surface area contributed by atoms with E-state index < -0.39 is 5.60 Å². The van der Waals surface area contributed by atoms with Crippen LogP contribution in [0, 0.1) is 5.92 Å². The Morgan fingerprint density at radius 3 is 2.77 bits per heavy atom. The van der Waals surface area contributed by atoms with Crippen molar-refractivity contribution in [2.24, 2.45) is 5.92 Å². The van der Waals surface area contributed by atoms with E-state index in [1.807, 2.05) is 0 Å². The van der Waals surface area contributed by atoms with Gasteiger partial charge in [-0.2, -0.15) is 12.6 Å². The molecular weight excluding hydrogens is 184 g/mol. The number of thiol groups is 1. The highest BCUT2D eigenvalue weighted by atomic mass is 32.1. The molecule has 3 heteroatoms. The molecule has 1 fully saturated rings. The fourth-order valence-electron chi connectivity index (χ4n) is 2.02. The van der Waals surface area contributed by atoms with Crippen LogP contribution in [0.5, 0.6) is 0 Å². The summed E-state index contributed by atoms with van der Waals surface area (Å²) in [6, 6.07) is 0. The fourth-order valence-corrected chi connectivity index (χ4v) is 2.60. The topological polar surface area (TPSA) is 37.3 Å². The van der Waals surface area contributed by atoms with E-state index in [2.05, 4.69) is 19.6 Å². The van der Waals surface area contributed by atoms with Crippen molar-refractivity contribution in [3.8, 4) is 0 Å². The molecule has 0 aromatic rings. The van der Waals surface area contributed by atoms with Gasteiger partial charge in [-0.15, -0.1) is 0 Å². The van der Waals surface area contributed by atoms with Gasteiger partial charge < -0.3 is 5.11 Å². The molecule has 2 nitrogen and oxygen atoms in total. The molecule has 1 saturated carbocycles. The summed E-state index contributed by atoms with van der Waals surface area (Å²) in [5, 5.41) is 10.1. The molecule has 0 aromatic heterocycles. The molecule has 0 aromatic carbocycles. The van der Waals surface area contributed by atoms with E-state index in [1.54, 1.807) is 0 Å². The van der Waals surface area contributed by atoms with E-state index in [1.165, 1.54) is 6.92 Å². The van der Waals surface area contributed by atoms with Crippen LogP contribution in [0.15, 0.2) is 0 Å². The van der Waals surface area contributed by atoms with Crippen molar-refractivity contribution in [3.05, 3.63) is 0 Å². The molecule has 76 valence electrons. The van der Waals surface area contributed by atoms with Gasteiger partial charge in [0, 0.05) is 11.7 Å². The minimum absolute atomic E-state index is 0.0415. The summed E-state index contributed by atoms with van der Waals surface area (Å²) in [6.45, 7) is 3.69. The molecule has 3 unspecified atom stereocenters. The Balaban J connectivity index is 2.61. The maximum Gasteiger partial charge on any atom is 0.132 e. The van der Waals surface area contributed by atoms with Gasteiger partial charge in [-0.25, -0.2) is 0 Å². The van der Waals surface area contributed by atoms with Crippen LogP contribution >= 0.6 is 12.6 Å². The SMILES string of the molecule is CC(=O)CC1(O)CCC(C)CC1S. The molecule has 0 bridgehead atoms.